The first-order valence-corrected chi connectivity index (χ1v) is 3.98. The molecule has 10 heavy (non-hydrogen) atoms. The second kappa shape index (κ2) is 2.75. The van der Waals surface area contributed by atoms with E-state index in [2.05, 4.69) is 6.92 Å². The van der Waals surface area contributed by atoms with Gasteiger partial charge in [0.2, 0.25) is 0 Å². The molecule has 0 fully saturated rings. The molecule has 1 aliphatic carbocycles. The lowest BCUT2D eigenvalue weighted by atomic mass is 9.82. The van der Waals surface area contributed by atoms with Crippen LogP contribution in [0.3, 0.4) is 0 Å². The third kappa shape index (κ3) is 1.60. The number of allylic oxidation sites excluding steroid dienone is 2. The van der Waals surface area contributed by atoms with Gasteiger partial charge >= 0.3 is 0 Å². The zero-order valence-electron chi connectivity index (χ0n) is 6.06. The van der Waals surface area contributed by atoms with Crippen LogP contribution in [0.1, 0.15) is 19.8 Å². The lowest BCUT2D eigenvalue weighted by Gasteiger charge is -2.25. The highest BCUT2D eigenvalue weighted by Crippen LogP contribution is 2.29. The lowest BCUT2D eigenvalue weighted by molar-refractivity contribution is -0.115. The van der Waals surface area contributed by atoms with Gasteiger partial charge in [-0.05, 0) is 17.9 Å². The summed E-state index contributed by atoms with van der Waals surface area (Å²) >= 11 is 5.71. The van der Waals surface area contributed by atoms with Crippen LogP contribution in [0, 0.1) is 5.41 Å². The van der Waals surface area contributed by atoms with Gasteiger partial charge < -0.3 is 0 Å². The molecule has 1 atom stereocenters. The zero-order chi connectivity index (χ0) is 7.61. The smallest absolute Gasteiger partial charge is 0.155 e. The summed E-state index contributed by atoms with van der Waals surface area (Å²) in [5.41, 5.74) is 0.0649. The molecule has 0 aromatic rings. The minimum atomic E-state index is 0.0649. The van der Waals surface area contributed by atoms with Crippen LogP contribution in [0.25, 0.3) is 0 Å². The van der Waals surface area contributed by atoms with Gasteiger partial charge in [-0.15, -0.1) is 11.6 Å². The van der Waals surface area contributed by atoms with Crippen molar-refractivity contribution in [2.75, 3.05) is 5.88 Å². The van der Waals surface area contributed by atoms with Gasteiger partial charge in [0, 0.05) is 12.3 Å². The van der Waals surface area contributed by atoms with Crippen molar-refractivity contribution in [3.63, 3.8) is 0 Å². The van der Waals surface area contributed by atoms with Crippen molar-refractivity contribution >= 4 is 17.4 Å². The molecule has 0 radical (unpaired) electrons. The molecular formula is C8H11ClO. The summed E-state index contributed by atoms with van der Waals surface area (Å²) in [7, 11) is 0. The van der Waals surface area contributed by atoms with Gasteiger partial charge in [-0.2, -0.15) is 0 Å². The second-order valence-electron chi connectivity index (χ2n) is 3.09. The first-order valence-electron chi connectivity index (χ1n) is 3.44. The molecule has 0 bridgehead atoms. The van der Waals surface area contributed by atoms with E-state index < -0.39 is 0 Å². The molecule has 0 aromatic heterocycles. The summed E-state index contributed by atoms with van der Waals surface area (Å²) in [4.78, 5) is 10.7. The number of alkyl halides is 1. The van der Waals surface area contributed by atoms with Gasteiger partial charge in [0.05, 0.1) is 0 Å². The van der Waals surface area contributed by atoms with Crippen LogP contribution in [0.2, 0.25) is 0 Å². The van der Waals surface area contributed by atoms with Crippen LogP contribution < -0.4 is 0 Å². The number of hydrogen-bond donors (Lipinski definition) is 0. The summed E-state index contributed by atoms with van der Waals surface area (Å²) in [5, 5.41) is 0. The lowest BCUT2D eigenvalue weighted by Crippen LogP contribution is -2.20. The highest BCUT2D eigenvalue weighted by Gasteiger charge is 2.23. The van der Waals surface area contributed by atoms with E-state index in [1.54, 1.807) is 6.08 Å². The quantitative estimate of drug-likeness (QED) is 0.535. The van der Waals surface area contributed by atoms with Crippen LogP contribution >= 0.6 is 11.6 Å². The third-order valence-electron chi connectivity index (χ3n) is 1.92. The van der Waals surface area contributed by atoms with Crippen LogP contribution in [-0.4, -0.2) is 11.7 Å². The Kier molecular flexibility index (Phi) is 2.14. The Morgan fingerprint density at radius 2 is 2.50 bits per heavy atom. The van der Waals surface area contributed by atoms with E-state index in [1.165, 1.54) is 0 Å². The molecule has 0 spiro atoms. The molecule has 1 aliphatic rings. The molecule has 0 amide bonds. The molecule has 0 unspecified atom stereocenters. The summed E-state index contributed by atoms with van der Waals surface area (Å²) in [6, 6.07) is 0. The molecular weight excluding hydrogens is 148 g/mol. The number of hydrogen-bond acceptors (Lipinski definition) is 1. The van der Waals surface area contributed by atoms with Crippen molar-refractivity contribution < 1.29 is 4.79 Å². The first-order chi connectivity index (χ1) is 4.66. The Morgan fingerprint density at radius 3 is 2.90 bits per heavy atom. The maximum atomic E-state index is 10.7. The molecule has 0 saturated carbocycles. The SMILES string of the molecule is C[C@]1(CCl)C=CC(=O)CC1. The molecule has 1 rings (SSSR count). The molecule has 0 N–H and O–H groups in total. The van der Waals surface area contributed by atoms with Crippen molar-refractivity contribution in [2.24, 2.45) is 5.41 Å². The molecule has 2 heteroatoms. The van der Waals surface area contributed by atoms with Crippen molar-refractivity contribution in [3.05, 3.63) is 12.2 Å². The van der Waals surface area contributed by atoms with E-state index in [0.29, 0.717) is 12.3 Å². The summed E-state index contributed by atoms with van der Waals surface area (Å²) in [6.45, 7) is 2.07. The molecule has 0 heterocycles. The first kappa shape index (κ1) is 7.80. The summed E-state index contributed by atoms with van der Waals surface area (Å²) < 4.78 is 0. The minimum absolute atomic E-state index is 0.0649. The maximum Gasteiger partial charge on any atom is 0.155 e. The molecule has 1 nitrogen and oxygen atoms in total. The predicted octanol–water partition coefficient (Wildman–Crippen LogP) is 2.15. The van der Waals surface area contributed by atoms with E-state index in [4.69, 9.17) is 11.6 Å². The van der Waals surface area contributed by atoms with Crippen LogP contribution in [0.5, 0.6) is 0 Å². The minimum Gasteiger partial charge on any atom is -0.295 e. The summed E-state index contributed by atoms with van der Waals surface area (Å²) in [5.74, 6) is 0.833. The Balaban J connectivity index is 2.68. The predicted molar refractivity (Wildman–Crippen MR) is 42.2 cm³/mol. The highest BCUT2D eigenvalue weighted by atomic mass is 35.5. The zero-order valence-corrected chi connectivity index (χ0v) is 6.82. The third-order valence-corrected chi connectivity index (χ3v) is 2.53. The van der Waals surface area contributed by atoms with Crippen LogP contribution in [-0.2, 0) is 4.79 Å². The van der Waals surface area contributed by atoms with E-state index in [0.717, 1.165) is 6.42 Å². The Bertz CT molecular complexity index is 174. The number of rotatable bonds is 1. The van der Waals surface area contributed by atoms with E-state index in [-0.39, 0.29) is 11.2 Å². The number of carbonyl (C=O) groups is 1. The van der Waals surface area contributed by atoms with E-state index in [1.807, 2.05) is 6.08 Å². The van der Waals surface area contributed by atoms with E-state index >= 15 is 0 Å². The summed E-state index contributed by atoms with van der Waals surface area (Å²) in [6.07, 6.45) is 5.11. The molecule has 0 saturated heterocycles. The Hall–Kier alpha value is -0.300. The highest BCUT2D eigenvalue weighted by molar-refractivity contribution is 6.18. The number of halogens is 1. The van der Waals surface area contributed by atoms with Crippen LogP contribution in [0.15, 0.2) is 12.2 Å². The molecule has 0 aromatic carbocycles. The largest absolute Gasteiger partial charge is 0.295 e. The van der Waals surface area contributed by atoms with Crippen molar-refractivity contribution in [2.45, 2.75) is 19.8 Å². The average molecular weight is 159 g/mol. The molecule has 0 aliphatic heterocycles. The molecule has 56 valence electrons. The van der Waals surface area contributed by atoms with Gasteiger partial charge in [-0.3, -0.25) is 4.79 Å². The Morgan fingerprint density at radius 1 is 1.80 bits per heavy atom. The Labute approximate surface area is 66.1 Å². The van der Waals surface area contributed by atoms with Crippen molar-refractivity contribution in [1.29, 1.82) is 0 Å². The van der Waals surface area contributed by atoms with Gasteiger partial charge in [-0.1, -0.05) is 13.0 Å². The second-order valence-corrected chi connectivity index (χ2v) is 3.35. The standard InChI is InChI=1S/C8H11ClO/c1-8(6-9)4-2-7(10)3-5-8/h2,4H,3,5-6H2,1H3/t8-/m0/s1. The van der Waals surface area contributed by atoms with Gasteiger partial charge in [-0.25, -0.2) is 0 Å². The monoisotopic (exact) mass is 158 g/mol. The van der Waals surface area contributed by atoms with Crippen molar-refractivity contribution in [1.82, 2.24) is 0 Å². The fourth-order valence-corrected chi connectivity index (χ4v) is 1.20. The fourth-order valence-electron chi connectivity index (χ4n) is 0.981. The van der Waals surface area contributed by atoms with Crippen molar-refractivity contribution in [3.8, 4) is 0 Å². The normalized spacial score (nSPS) is 32.8. The maximum absolute atomic E-state index is 10.7. The number of carbonyl (C=O) groups excluding carboxylic acids is 1. The van der Waals surface area contributed by atoms with Gasteiger partial charge in [0.25, 0.3) is 0 Å². The topological polar surface area (TPSA) is 17.1 Å². The van der Waals surface area contributed by atoms with Gasteiger partial charge in [0.15, 0.2) is 5.78 Å². The van der Waals surface area contributed by atoms with Gasteiger partial charge in [0.1, 0.15) is 0 Å². The number of ketones is 1. The van der Waals surface area contributed by atoms with E-state index in [9.17, 15) is 4.79 Å². The van der Waals surface area contributed by atoms with Crippen LogP contribution in [0.4, 0.5) is 0 Å². The fraction of sp³-hybridized carbons (Fsp3) is 0.625. The average Bonchev–Trinajstić information content (AvgIpc) is 1.96.